The van der Waals surface area contributed by atoms with Crippen LogP contribution in [0.15, 0.2) is 23.3 Å². The molecule has 1 fully saturated rings. The highest BCUT2D eigenvalue weighted by molar-refractivity contribution is 5.81. The molecule has 2 nitrogen and oxygen atoms in total. The van der Waals surface area contributed by atoms with E-state index in [9.17, 15) is 4.79 Å². The number of rotatable bonds is 6. The third-order valence-corrected chi connectivity index (χ3v) is 3.26. The normalized spacial score (nSPS) is 23.2. The standard InChI is InChI=1S/C15H25NO/c1-11(2)6-5-7-12(3)8-9-16-15(17)14-10-13(14)4/h6,8,13-14H,5,7,9-10H2,1-4H3,(H,16,17)/b12-8+. The van der Waals surface area contributed by atoms with Gasteiger partial charge < -0.3 is 5.32 Å². The van der Waals surface area contributed by atoms with Gasteiger partial charge in [-0.05, 0) is 46.0 Å². The lowest BCUT2D eigenvalue weighted by Crippen LogP contribution is -2.25. The molecule has 2 heteroatoms. The minimum atomic E-state index is 0.228. The summed E-state index contributed by atoms with van der Waals surface area (Å²) in [6, 6.07) is 0. The minimum Gasteiger partial charge on any atom is -0.352 e. The Labute approximate surface area is 105 Å². The molecule has 0 saturated heterocycles. The Hall–Kier alpha value is -1.05. The predicted molar refractivity (Wildman–Crippen MR) is 72.7 cm³/mol. The third kappa shape index (κ3) is 5.71. The van der Waals surface area contributed by atoms with Crippen LogP contribution in [0, 0.1) is 11.8 Å². The molecule has 0 spiro atoms. The second-order valence-electron chi connectivity index (χ2n) is 5.44. The lowest BCUT2D eigenvalue weighted by Gasteiger charge is -2.02. The molecule has 0 bridgehead atoms. The number of carbonyl (C=O) groups excluding carboxylic acids is 1. The summed E-state index contributed by atoms with van der Waals surface area (Å²) in [4.78, 5) is 11.6. The van der Waals surface area contributed by atoms with Crippen LogP contribution in [0.1, 0.15) is 47.0 Å². The van der Waals surface area contributed by atoms with Gasteiger partial charge >= 0.3 is 0 Å². The zero-order chi connectivity index (χ0) is 12.8. The van der Waals surface area contributed by atoms with Crippen molar-refractivity contribution in [2.24, 2.45) is 11.8 Å². The van der Waals surface area contributed by atoms with E-state index < -0.39 is 0 Å². The van der Waals surface area contributed by atoms with E-state index in [0.29, 0.717) is 12.5 Å². The molecule has 0 heterocycles. The Morgan fingerprint density at radius 3 is 2.47 bits per heavy atom. The van der Waals surface area contributed by atoms with Gasteiger partial charge in [-0.25, -0.2) is 0 Å². The number of amides is 1. The number of hydrogen-bond donors (Lipinski definition) is 1. The SMILES string of the molecule is CC(C)=CCC/C(C)=C/CNC(=O)C1CC1C. The van der Waals surface area contributed by atoms with Crippen molar-refractivity contribution < 1.29 is 4.79 Å². The van der Waals surface area contributed by atoms with Crippen LogP contribution in [-0.2, 0) is 4.79 Å². The summed E-state index contributed by atoms with van der Waals surface area (Å²) in [5.41, 5.74) is 2.72. The average molecular weight is 235 g/mol. The zero-order valence-corrected chi connectivity index (χ0v) is 11.5. The van der Waals surface area contributed by atoms with Crippen LogP contribution in [0.5, 0.6) is 0 Å². The van der Waals surface area contributed by atoms with Gasteiger partial charge in [0.05, 0.1) is 0 Å². The van der Waals surface area contributed by atoms with Crippen LogP contribution in [0.2, 0.25) is 0 Å². The number of nitrogens with one attached hydrogen (secondary N) is 1. The van der Waals surface area contributed by atoms with E-state index in [1.807, 2.05) is 0 Å². The van der Waals surface area contributed by atoms with Gasteiger partial charge in [-0.3, -0.25) is 4.79 Å². The van der Waals surface area contributed by atoms with Gasteiger partial charge in [0.25, 0.3) is 0 Å². The molecule has 0 aromatic rings. The van der Waals surface area contributed by atoms with Crippen LogP contribution in [-0.4, -0.2) is 12.5 Å². The maximum Gasteiger partial charge on any atom is 0.223 e. The molecule has 0 radical (unpaired) electrons. The Morgan fingerprint density at radius 1 is 1.29 bits per heavy atom. The summed E-state index contributed by atoms with van der Waals surface area (Å²) in [5, 5.41) is 2.97. The average Bonchev–Trinajstić information content (AvgIpc) is 2.95. The van der Waals surface area contributed by atoms with Crippen LogP contribution in [0.25, 0.3) is 0 Å². The zero-order valence-electron chi connectivity index (χ0n) is 11.5. The van der Waals surface area contributed by atoms with Crippen molar-refractivity contribution in [2.75, 3.05) is 6.54 Å². The first-order chi connectivity index (χ1) is 8.00. The van der Waals surface area contributed by atoms with Crippen molar-refractivity contribution in [3.8, 4) is 0 Å². The van der Waals surface area contributed by atoms with Gasteiger partial charge in [-0.15, -0.1) is 0 Å². The summed E-state index contributed by atoms with van der Waals surface area (Å²) >= 11 is 0. The van der Waals surface area contributed by atoms with Crippen LogP contribution >= 0.6 is 0 Å². The first kappa shape index (κ1) is 14.0. The van der Waals surface area contributed by atoms with Crippen molar-refractivity contribution in [3.63, 3.8) is 0 Å². The lowest BCUT2D eigenvalue weighted by atomic mass is 10.1. The van der Waals surface area contributed by atoms with Gasteiger partial charge in [-0.1, -0.05) is 30.2 Å². The molecule has 1 amide bonds. The summed E-state index contributed by atoms with van der Waals surface area (Å²) < 4.78 is 0. The number of carbonyl (C=O) groups is 1. The third-order valence-electron chi connectivity index (χ3n) is 3.26. The van der Waals surface area contributed by atoms with Crippen molar-refractivity contribution in [1.82, 2.24) is 5.32 Å². The van der Waals surface area contributed by atoms with Gasteiger partial charge in [0.15, 0.2) is 0 Å². The van der Waals surface area contributed by atoms with E-state index >= 15 is 0 Å². The Balaban J connectivity index is 2.15. The summed E-state index contributed by atoms with van der Waals surface area (Å²) in [7, 11) is 0. The van der Waals surface area contributed by atoms with Gasteiger partial charge in [-0.2, -0.15) is 0 Å². The van der Waals surface area contributed by atoms with Crippen LogP contribution in [0.4, 0.5) is 0 Å². The topological polar surface area (TPSA) is 29.1 Å². The first-order valence-corrected chi connectivity index (χ1v) is 6.57. The monoisotopic (exact) mass is 235 g/mol. The second-order valence-corrected chi connectivity index (χ2v) is 5.44. The molecular weight excluding hydrogens is 210 g/mol. The molecule has 17 heavy (non-hydrogen) atoms. The minimum absolute atomic E-state index is 0.228. The molecule has 0 aliphatic heterocycles. The fourth-order valence-electron chi connectivity index (χ4n) is 1.83. The maximum atomic E-state index is 11.6. The molecule has 1 aliphatic rings. The summed E-state index contributed by atoms with van der Waals surface area (Å²) in [6.07, 6.45) is 7.62. The molecule has 1 aliphatic carbocycles. The van der Waals surface area contributed by atoms with Crippen molar-refractivity contribution in [1.29, 1.82) is 0 Å². The molecule has 1 saturated carbocycles. The van der Waals surface area contributed by atoms with Crippen molar-refractivity contribution in [2.45, 2.75) is 47.0 Å². The van der Waals surface area contributed by atoms with Gasteiger partial charge in [0.1, 0.15) is 0 Å². The quantitative estimate of drug-likeness (QED) is 0.702. The number of hydrogen-bond acceptors (Lipinski definition) is 1. The van der Waals surface area contributed by atoms with E-state index in [1.54, 1.807) is 0 Å². The molecule has 2 atom stereocenters. The van der Waals surface area contributed by atoms with E-state index in [4.69, 9.17) is 0 Å². The van der Waals surface area contributed by atoms with Crippen molar-refractivity contribution >= 4 is 5.91 Å². The number of allylic oxidation sites excluding steroid dienone is 3. The Kier molecular flexibility index (Phi) is 5.46. The highest BCUT2D eigenvalue weighted by Gasteiger charge is 2.38. The molecule has 0 aromatic heterocycles. The van der Waals surface area contributed by atoms with E-state index in [1.165, 1.54) is 11.1 Å². The smallest absolute Gasteiger partial charge is 0.223 e. The van der Waals surface area contributed by atoms with Crippen molar-refractivity contribution in [3.05, 3.63) is 23.3 Å². The predicted octanol–water partition coefficient (Wildman–Crippen LogP) is 3.45. The molecule has 0 aromatic carbocycles. The largest absolute Gasteiger partial charge is 0.352 e. The summed E-state index contributed by atoms with van der Waals surface area (Å²) in [5.74, 6) is 1.11. The van der Waals surface area contributed by atoms with Crippen LogP contribution < -0.4 is 5.32 Å². The van der Waals surface area contributed by atoms with E-state index in [-0.39, 0.29) is 11.8 Å². The van der Waals surface area contributed by atoms with Gasteiger partial charge in [0, 0.05) is 12.5 Å². The fourth-order valence-corrected chi connectivity index (χ4v) is 1.83. The molecule has 2 unspecified atom stereocenters. The summed E-state index contributed by atoms with van der Waals surface area (Å²) in [6.45, 7) is 9.18. The van der Waals surface area contributed by atoms with E-state index in [2.05, 4.69) is 45.2 Å². The highest BCUT2D eigenvalue weighted by Crippen LogP contribution is 2.37. The van der Waals surface area contributed by atoms with Gasteiger partial charge in [0.2, 0.25) is 5.91 Å². The first-order valence-electron chi connectivity index (χ1n) is 6.57. The van der Waals surface area contributed by atoms with E-state index in [0.717, 1.165) is 19.3 Å². The Bertz CT molecular complexity index is 324. The second kappa shape index (κ2) is 6.63. The molecule has 1 rings (SSSR count). The highest BCUT2D eigenvalue weighted by atomic mass is 16.2. The Morgan fingerprint density at radius 2 is 1.94 bits per heavy atom. The molecular formula is C15H25NO. The fraction of sp³-hybridized carbons (Fsp3) is 0.667. The molecule has 1 N–H and O–H groups in total. The maximum absolute atomic E-state index is 11.6. The lowest BCUT2D eigenvalue weighted by molar-refractivity contribution is -0.122. The van der Waals surface area contributed by atoms with Crippen LogP contribution in [0.3, 0.4) is 0 Å². The molecule has 96 valence electrons.